The molecule has 0 aliphatic carbocycles. The summed E-state index contributed by atoms with van der Waals surface area (Å²) >= 11 is 0. The molecule has 2 rings (SSSR count). The van der Waals surface area contributed by atoms with Crippen molar-refractivity contribution in [2.75, 3.05) is 19.8 Å². The van der Waals surface area contributed by atoms with E-state index in [-0.39, 0.29) is 5.97 Å². The van der Waals surface area contributed by atoms with Crippen LogP contribution in [-0.4, -0.2) is 31.9 Å². The van der Waals surface area contributed by atoms with Crippen LogP contribution < -0.4 is 4.74 Å². The Morgan fingerprint density at radius 3 is 2.52 bits per heavy atom. The highest BCUT2D eigenvalue weighted by atomic mass is 16.6. The van der Waals surface area contributed by atoms with Gasteiger partial charge in [-0.2, -0.15) is 0 Å². The Hall–Kier alpha value is -2.59. The van der Waals surface area contributed by atoms with E-state index in [4.69, 9.17) is 14.2 Å². The van der Waals surface area contributed by atoms with Crippen molar-refractivity contribution in [3.05, 3.63) is 71.8 Å². The van der Waals surface area contributed by atoms with Gasteiger partial charge in [-0.1, -0.05) is 42.5 Å². The summed E-state index contributed by atoms with van der Waals surface area (Å²) in [7, 11) is 0. The zero-order valence-corrected chi connectivity index (χ0v) is 16.3. The second-order valence-corrected chi connectivity index (χ2v) is 6.11. The van der Waals surface area contributed by atoms with Crippen molar-refractivity contribution in [3.8, 4) is 5.75 Å². The summed E-state index contributed by atoms with van der Waals surface area (Å²) in [5.41, 5.74) is 3.33. The predicted molar refractivity (Wildman–Crippen MR) is 108 cm³/mol. The van der Waals surface area contributed by atoms with Crippen molar-refractivity contribution in [3.63, 3.8) is 0 Å². The Balaban J connectivity index is 1.97. The maximum absolute atomic E-state index is 12.0. The number of allylic oxidation sites excluding steroid dienone is 1. The van der Waals surface area contributed by atoms with E-state index in [0.29, 0.717) is 26.2 Å². The first-order valence-corrected chi connectivity index (χ1v) is 9.36. The number of hydrogen-bond donors (Lipinski definition) is 0. The van der Waals surface area contributed by atoms with Crippen LogP contribution in [0.25, 0.3) is 5.57 Å². The van der Waals surface area contributed by atoms with E-state index in [0.717, 1.165) is 11.3 Å². The lowest BCUT2D eigenvalue weighted by Crippen LogP contribution is -2.29. The van der Waals surface area contributed by atoms with E-state index in [2.05, 4.69) is 25.1 Å². The van der Waals surface area contributed by atoms with E-state index >= 15 is 0 Å². The molecule has 1 atom stereocenters. The summed E-state index contributed by atoms with van der Waals surface area (Å²) in [6, 6.07) is 17.9. The molecule has 0 radical (unpaired) electrons. The zero-order chi connectivity index (χ0) is 19.5. The Bertz CT molecular complexity index is 737. The summed E-state index contributed by atoms with van der Waals surface area (Å²) in [5, 5.41) is 0. The number of hydrogen-bond acceptors (Lipinski definition) is 4. The van der Waals surface area contributed by atoms with E-state index in [1.165, 1.54) is 11.1 Å². The molecular weight excluding hydrogens is 340 g/mol. The van der Waals surface area contributed by atoms with Gasteiger partial charge in [-0.25, -0.2) is 4.79 Å². The lowest BCUT2D eigenvalue weighted by atomic mass is 10.1. The fourth-order valence-electron chi connectivity index (χ4n) is 2.70. The van der Waals surface area contributed by atoms with Gasteiger partial charge in [0.25, 0.3) is 0 Å². The number of esters is 1. The largest absolute Gasteiger partial charge is 0.490 e. The van der Waals surface area contributed by atoms with Crippen LogP contribution in [0, 0.1) is 0 Å². The molecule has 4 nitrogen and oxygen atoms in total. The Morgan fingerprint density at radius 2 is 1.81 bits per heavy atom. The molecule has 27 heavy (non-hydrogen) atoms. The monoisotopic (exact) mass is 368 g/mol. The molecule has 0 aromatic heterocycles. The van der Waals surface area contributed by atoms with Gasteiger partial charge in [-0.05, 0) is 55.7 Å². The normalized spacial score (nSPS) is 12.5. The minimum absolute atomic E-state index is 0.327. The first-order valence-electron chi connectivity index (χ1n) is 9.36. The van der Waals surface area contributed by atoms with Crippen LogP contribution in [0.3, 0.4) is 0 Å². The first kappa shape index (κ1) is 20.7. The molecule has 0 bridgehead atoms. The molecule has 0 saturated carbocycles. The number of rotatable bonds is 10. The molecule has 4 heteroatoms. The maximum atomic E-state index is 12.0. The number of carbonyl (C=O) groups excluding carboxylic acids is 1. The highest BCUT2D eigenvalue weighted by molar-refractivity contribution is 5.75. The van der Waals surface area contributed by atoms with Crippen LogP contribution in [0.4, 0.5) is 0 Å². The lowest BCUT2D eigenvalue weighted by molar-refractivity contribution is -0.156. The quantitative estimate of drug-likeness (QED) is 0.571. The van der Waals surface area contributed by atoms with Gasteiger partial charge in [0.05, 0.1) is 6.61 Å². The summed E-state index contributed by atoms with van der Waals surface area (Å²) < 4.78 is 16.5. The van der Waals surface area contributed by atoms with Gasteiger partial charge >= 0.3 is 5.97 Å². The molecule has 0 N–H and O–H groups in total. The van der Waals surface area contributed by atoms with Crippen molar-refractivity contribution in [1.29, 1.82) is 0 Å². The van der Waals surface area contributed by atoms with Gasteiger partial charge in [0.15, 0.2) is 6.10 Å². The highest BCUT2D eigenvalue weighted by Gasteiger charge is 2.20. The highest BCUT2D eigenvalue weighted by Crippen LogP contribution is 2.17. The van der Waals surface area contributed by atoms with Gasteiger partial charge < -0.3 is 14.2 Å². The SMILES string of the molecule is CCOC(=O)C(Cc1cccc(OC/C=C(\C)c2ccccc2)c1)OCC. The van der Waals surface area contributed by atoms with Crippen molar-refractivity contribution in [1.82, 2.24) is 0 Å². The third kappa shape index (κ3) is 6.91. The van der Waals surface area contributed by atoms with Gasteiger partial charge in [-0.3, -0.25) is 0 Å². The Kier molecular flexibility index (Phi) is 8.59. The molecule has 0 saturated heterocycles. The van der Waals surface area contributed by atoms with Gasteiger partial charge in [0.1, 0.15) is 12.4 Å². The molecule has 0 heterocycles. The smallest absolute Gasteiger partial charge is 0.335 e. The van der Waals surface area contributed by atoms with Crippen LogP contribution in [0.5, 0.6) is 5.75 Å². The third-order valence-corrected chi connectivity index (χ3v) is 4.11. The molecule has 0 fully saturated rings. The molecule has 2 aromatic carbocycles. The fraction of sp³-hybridized carbons (Fsp3) is 0.348. The summed E-state index contributed by atoms with van der Waals surface area (Å²) in [5.74, 6) is 0.441. The van der Waals surface area contributed by atoms with Crippen LogP contribution in [0.2, 0.25) is 0 Å². The van der Waals surface area contributed by atoms with E-state index in [1.807, 2.05) is 49.4 Å². The summed E-state index contributed by atoms with van der Waals surface area (Å²) in [6.07, 6.45) is 1.93. The lowest BCUT2D eigenvalue weighted by Gasteiger charge is -2.16. The standard InChI is InChI=1S/C23H28O4/c1-4-25-22(23(24)26-5-2)17-19-10-9-13-21(16-19)27-15-14-18(3)20-11-7-6-8-12-20/h6-14,16,22H,4-5,15,17H2,1-3H3/b18-14+. The maximum Gasteiger partial charge on any atom is 0.335 e. The van der Waals surface area contributed by atoms with Crippen molar-refractivity contribution in [2.45, 2.75) is 33.3 Å². The number of carbonyl (C=O) groups is 1. The van der Waals surface area contributed by atoms with E-state index in [9.17, 15) is 4.79 Å². The first-order chi connectivity index (χ1) is 13.1. The molecule has 1 unspecified atom stereocenters. The van der Waals surface area contributed by atoms with Crippen molar-refractivity contribution >= 4 is 11.5 Å². The second-order valence-electron chi connectivity index (χ2n) is 6.11. The van der Waals surface area contributed by atoms with E-state index < -0.39 is 6.10 Å². The van der Waals surface area contributed by atoms with Gasteiger partial charge in [0, 0.05) is 13.0 Å². The van der Waals surface area contributed by atoms with Gasteiger partial charge in [-0.15, -0.1) is 0 Å². The predicted octanol–water partition coefficient (Wildman–Crippen LogP) is 4.68. The van der Waals surface area contributed by atoms with Crippen LogP contribution in [-0.2, 0) is 20.7 Å². The molecule has 0 spiro atoms. The molecule has 2 aromatic rings. The molecule has 0 amide bonds. The van der Waals surface area contributed by atoms with Crippen molar-refractivity contribution < 1.29 is 19.0 Å². The second kappa shape index (κ2) is 11.2. The summed E-state index contributed by atoms with van der Waals surface area (Å²) in [4.78, 5) is 12.0. The van der Waals surface area contributed by atoms with Crippen LogP contribution in [0.15, 0.2) is 60.7 Å². The van der Waals surface area contributed by atoms with Crippen LogP contribution in [0.1, 0.15) is 31.9 Å². The average molecular weight is 368 g/mol. The van der Waals surface area contributed by atoms with Crippen LogP contribution >= 0.6 is 0 Å². The average Bonchev–Trinajstić information content (AvgIpc) is 2.69. The molecule has 144 valence electrons. The fourth-order valence-corrected chi connectivity index (χ4v) is 2.70. The molecule has 0 aliphatic rings. The van der Waals surface area contributed by atoms with Crippen molar-refractivity contribution in [2.24, 2.45) is 0 Å². The minimum Gasteiger partial charge on any atom is -0.490 e. The van der Waals surface area contributed by atoms with Gasteiger partial charge in [0.2, 0.25) is 0 Å². The topological polar surface area (TPSA) is 44.8 Å². The van der Waals surface area contributed by atoms with E-state index in [1.54, 1.807) is 6.92 Å². The number of ether oxygens (including phenoxy) is 3. The zero-order valence-electron chi connectivity index (χ0n) is 16.3. The third-order valence-electron chi connectivity index (χ3n) is 4.11. The number of benzene rings is 2. The Morgan fingerprint density at radius 1 is 1.04 bits per heavy atom. The molecular formula is C23H28O4. The Labute approximate surface area is 161 Å². The summed E-state index contributed by atoms with van der Waals surface area (Å²) in [6.45, 7) is 7.02. The molecule has 0 aliphatic heterocycles. The minimum atomic E-state index is -0.592.